The molecule has 1 fully saturated rings. The number of piperidine rings is 1. The van der Waals surface area contributed by atoms with Crippen molar-refractivity contribution < 1.29 is 14.4 Å². The number of hydrogen-bond acceptors (Lipinski definition) is 4. The second-order valence-corrected chi connectivity index (χ2v) is 8.25. The molecule has 3 aromatic rings. The summed E-state index contributed by atoms with van der Waals surface area (Å²) in [6.07, 6.45) is 4.87. The minimum Gasteiger partial charge on any atom is -0.344 e. The Morgan fingerprint density at radius 3 is 2.55 bits per heavy atom. The summed E-state index contributed by atoms with van der Waals surface area (Å²) in [7, 11) is 0. The highest BCUT2D eigenvalue weighted by atomic mass is 32.1. The number of hydrogen-bond donors (Lipinski definition) is 1. The van der Waals surface area contributed by atoms with E-state index in [1.165, 1.54) is 11.3 Å². The molecule has 1 aliphatic heterocycles. The van der Waals surface area contributed by atoms with Crippen molar-refractivity contribution in [2.75, 3.05) is 13.1 Å². The Morgan fingerprint density at radius 1 is 1.00 bits per heavy atom. The molecule has 1 aromatic carbocycles. The van der Waals surface area contributed by atoms with Gasteiger partial charge in [-0.05, 0) is 36.8 Å². The number of benzene rings is 1. The summed E-state index contributed by atoms with van der Waals surface area (Å²) < 4.78 is 1.78. The smallest absolute Gasteiger partial charge is 0.292 e. The van der Waals surface area contributed by atoms with Crippen molar-refractivity contribution in [2.45, 2.75) is 32.4 Å². The van der Waals surface area contributed by atoms with Gasteiger partial charge in [-0.15, -0.1) is 11.3 Å². The van der Waals surface area contributed by atoms with Gasteiger partial charge >= 0.3 is 0 Å². The molecule has 2 aromatic heterocycles. The number of likely N-dealkylation sites (tertiary alicyclic amines) is 1. The van der Waals surface area contributed by atoms with E-state index in [2.05, 4.69) is 5.32 Å². The molecule has 7 heteroatoms. The Balaban J connectivity index is 1.54. The summed E-state index contributed by atoms with van der Waals surface area (Å²) in [6, 6.07) is 11.2. The molecule has 0 saturated carbocycles. The lowest BCUT2D eigenvalue weighted by Crippen LogP contribution is -2.37. The fourth-order valence-corrected chi connectivity index (χ4v) is 4.38. The monoisotopic (exact) mass is 409 g/mol. The molecule has 29 heavy (non-hydrogen) atoms. The maximum absolute atomic E-state index is 12.8. The van der Waals surface area contributed by atoms with Gasteiger partial charge in [0, 0.05) is 35.1 Å². The van der Waals surface area contributed by atoms with Crippen LogP contribution in [0.1, 0.15) is 34.5 Å². The zero-order valence-electron chi connectivity index (χ0n) is 16.1. The molecule has 1 aliphatic rings. The number of nitrogens with zero attached hydrogens (tertiary/aromatic N) is 2. The van der Waals surface area contributed by atoms with Crippen molar-refractivity contribution in [3.63, 3.8) is 0 Å². The first-order valence-corrected chi connectivity index (χ1v) is 10.7. The summed E-state index contributed by atoms with van der Waals surface area (Å²) in [6.45, 7) is 2.07. The van der Waals surface area contributed by atoms with E-state index in [-0.39, 0.29) is 12.5 Å². The van der Waals surface area contributed by atoms with Gasteiger partial charge in [-0.1, -0.05) is 24.3 Å². The third-order valence-electron chi connectivity index (χ3n) is 5.26. The number of amides is 2. The van der Waals surface area contributed by atoms with Gasteiger partial charge in [-0.25, -0.2) is 0 Å². The van der Waals surface area contributed by atoms with Crippen LogP contribution in [0.4, 0.5) is 0 Å². The molecule has 0 bridgehead atoms. The van der Waals surface area contributed by atoms with Crippen molar-refractivity contribution >= 4 is 39.8 Å². The highest BCUT2D eigenvalue weighted by Crippen LogP contribution is 2.23. The van der Waals surface area contributed by atoms with Crippen molar-refractivity contribution in [3.8, 4) is 0 Å². The van der Waals surface area contributed by atoms with Crippen LogP contribution < -0.4 is 5.32 Å². The molecular formula is C22H23N3O3S. The second kappa shape index (κ2) is 8.61. The SMILES string of the molecule is O=C(NCc1cccs1)C(=O)c1cn(CC(=O)N2CCCCC2)c2ccccc12. The number of para-hydroxylation sites is 1. The number of thiophene rings is 1. The minimum absolute atomic E-state index is 0.0478. The van der Waals surface area contributed by atoms with E-state index in [1.54, 1.807) is 10.8 Å². The molecular weight excluding hydrogens is 386 g/mol. The quantitative estimate of drug-likeness (QED) is 0.502. The first-order chi connectivity index (χ1) is 14.1. The number of carbonyl (C=O) groups is 3. The molecule has 0 aliphatic carbocycles. The van der Waals surface area contributed by atoms with E-state index in [4.69, 9.17) is 0 Å². The third-order valence-corrected chi connectivity index (χ3v) is 6.13. The fraction of sp³-hybridized carbons (Fsp3) is 0.318. The van der Waals surface area contributed by atoms with E-state index in [0.29, 0.717) is 17.5 Å². The van der Waals surface area contributed by atoms with E-state index in [1.807, 2.05) is 46.7 Å². The van der Waals surface area contributed by atoms with Crippen molar-refractivity contribution in [1.29, 1.82) is 0 Å². The largest absolute Gasteiger partial charge is 0.344 e. The molecule has 6 nitrogen and oxygen atoms in total. The van der Waals surface area contributed by atoms with Gasteiger partial charge in [0.25, 0.3) is 11.7 Å². The predicted molar refractivity (Wildman–Crippen MR) is 113 cm³/mol. The lowest BCUT2D eigenvalue weighted by atomic mass is 10.1. The Hall–Kier alpha value is -2.93. The summed E-state index contributed by atoms with van der Waals surface area (Å²) in [5, 5.41) is 5.30. The van der Waals surface area contributed by atoms with Crippen molar-refractivity contribution in [2.24, 2.45) is 0 Å². The number of aromatic nitrogens is 1. The van der Waals surface area contributed by atoms with Gasteiger partial charge in [0.15, 0.2) is 0 Å². The fourth-order valence-electron chi connectivity index (χ4n) is 3.73. The number of rotatable bonds is 6. The van der Waals surface area contributed by atoms with Gasteiger partial charge in [-0.3, -0.25) is 14.4 Å². The van der Waals surface area contributed by atoms with Crippen LogP contribution in [0, 0.1) is 0 Å². The van der Waals surface area contributed by atoms with Crippen LogP contribution in [0.2, 0.25) is 0 Å². The molecule has 2 amide bonds. The molecule has 0 atom stereocenters. The molecule has 0 unspecified atom stereocenters. The molecule has 1 N–H and O–H groups in total. The number of nitrogens with one attached hydrogen (secondary N) is 1. The normalized spacial score (nSPS) is 14.1. The van der Waals surface area contributed by atoms with Gasteiger partial charge in [0.05, 0.1) is 12.1 Å². The lowest BCUT2D eigenvalue weighted by Gasteiger charge is -2.27. The highest BCUT2D eigenvalue weighted by molar-refractivity contribution is 7.09. The van der Waals surface area contributed by atoms with E-state index < -0.39 is 11.7 Å². The Labute approximate surface area is 173 Å². The average Bonchev–Trinajstić information content (AvgIpc) is 3.40. The lowest BCUT2D eigenvalue weighted by molar-refractivity contribution is -0.132. The van der Waals surface area contributed by atoms with Gasteiger partial charge in [0.1, 0.15) is 6.54 Å². The number of carbonyl (C=O) groups excluding carboxylic acids is 3. The van der Waals surface area contributed by atoms with Crippen LogP contribution >= 0.6 is 11.3 Å². The van der Waals surface area contributed by atoms with E-state index in [0.717, 1.165) is 42.7 Å². The summed E-state index contributed by atoms with van der Waals surface area (Å²) >= 11 is 1.53. The molecule has 4 rings (SSSR count). The zero-order chi connectivity index (χ0) is 20.2. The third kappa shape index (κ3) is 4.24. The maximum Gasteiger partial charge on any atom is 0.292 e. The summed E-state index contributed by atoms with van der Waals surface area (Å²) in [5.74, 6) is -1.17. The number of fused-ring (bicyclic) bond motifs is 1. The highest BCUT2D eigenvalue weighted by Gasteiger charge is 2.23. The van der Waals surface area contributed by atoms with Gasteiger partial charge < -0.3 is 14.8 Å². The van der Waals surface area contributed by atoms with Crippen molar-refractivity contribution in [3.05, 3.63) is 58.4 Å². The van der Waals surface area contributed by atoms with Crippen molar-refractivity contribution in [1.82, 2.24) is 14.8 Å². The molecule has 0 radical (unpaired) electrons. The summed E-state index contributed by atoms with van der Waals surface area (Å²) in [4.78, 5) is 40.8. The van der Waals surface area contributed by atoms with Crippen LogP contribution in [0.15, 0.2) is 48.0 Å². The van der Waals surface area contributed by atoms with E-state index >= 15 is 0 Å². The van der Waals surface area contributed by atoms with Gasteiger partial charge in [-0.2, -0.15) is 0 Å². The topological polar surface area (TPSA) is 71.4 Å². The van der Waals surface area contributed by atoms with Crippen LogP contribution in [0.25, 0.3) is 10.9 Å². The predicted octanol–water partition coefficient (Wildman–Crippen LogP) is 3.21. The average molecular weight is 410 g/mol. The van der Waals surface area contributed by atoms with Crippen LogP contribution in [0.3, 0.4) is 0 Å². The van der Waals surface area contributed by atoms with Crippen LogP contribution in [-0.2, 0) is 22.7 Å². The zero-order valence-corrected chi connectivity index (χ0v) is 16.9. The molecule has 150 valence electrons. The number of Topliss-reactive ketones (excluding diaryl/α,β-unsaturated/α-hetero) is 1. The van der Waals surface area contributed by atoms with Gasteiger partial charge in [0.2, 0.25) is 5.91 Å². The first-order valence-electron chi connectivity index (χ1n) is 9.84. The molecule has 3 heterocycles. The van der Waals surface area contributed by atoms with Crippen LogP contribution in [-0.4, -0.2) is 40.2 Å². The molecule has 0 spiro atoms. The maximum atomic E-state index is 12.8. The Kier molecular flexibility index (Phi) is 5.76. The molecule has 1 saturated heterocycles. The summed E-state index contributed by atoms with van der Waals surface area (Å²) in [5.41, 5.74) is 1.11. The number of ketones is 1. The first kappa shape index (κ1) is 19.4. The Bertz CT molecular complexity index is 1030. The minimum atomic E-state index is -0.635. The van der Waals surface area contributed by atoms with Crippen LogP contribution in [0.5, 0.6) is 0 Å². The standard InChI is InChI=1S/C22H23N3O3S/c26-20(24-10-4-1-5-11-24)15-25-14-18(17-8-2-3-9-19(17)25)21(27)22(28)23-13-16-7-6-12-29-16/h2-3,6-9,12,14H,1,4-5,10-11,13,15H2,(H,23,28). The second-order valence-electron chi connectivity index (χ2n) is 7.22. The van der Waals surface area contributed by atoms with E-state index in [9.17, 15) is 14.4 Å². The Morgan fingerprint density at radius 2 is 1.79 bits per heavy atom.